The molecule has 1 saturated heterocycles. The Balaban J connectivity index is 1.79. The maximum Gasteiger partial charge on any atom is 0.252 e. The maximum absolute atomic E-state index is 13.0. The van der Waals surface area contributed by atoms with Crippen molar-refractivity contribution in [3.8, 4) is 0 Å². The third-order valence-corrected chi connectivity index (χ3v) is 7.05. The molecule has 1 amide bonds. The fraction of sp³-hybridized carbons (Fsp3) is 0.611. The molecule has 1 heterocycles. The van der Waals surface area contributed by atoms with Gasteiger partial charge in [0.25, 0.3) is 5.91 Å². The highest BCUT2D eigenvalue weighted by atomic mass is 32.2. The van der Waals surface area contributed by atoms with E-state index in [4.69, 9.17) is 0 Å². The lowest BCUT2D eigenvalue weighted by Crippen LogP contribution is -2.40. The molecule has 1 aromatic rings. The molecule has 138 valence electrons. The number of rotatable bonds is 4. The highest BCUT2D eigenvalue weighted by Gasteiger charge is 2.30. The first-order valence-electron chi connectivity index (χ1n) is 9.06. The minimum absolute atomic E-state index is 0.0124. The molecule has 0 radical (unpaired) electrons. The van der Waals surface area contributed by atoms with Gasteiger partial charge in [0, 0.05) is 19.1 Å². The van der Waals surface area contributed by atoms with Crippen molar-refractivity contribution in [2.45, 2.75) is 62.0 Å². The molecule has 0 bridgehead atoms. The number of amides is 1. The number of piperidine rings is 1. The number of sulfonamides is 1. The summed E-state index contributed by atoms with van der Waals surface area (Å²) < 4.78 is 27.4. The highest BCUT2D eigenvalue weighted by Crippen LogP contribution is 2.24. The van der Waals surface area contributed by atoms with Crippen molar-refractivity contribution in [2.24, 2.45) is 0 Å². The quantitative estimate of drug-likeness (QED) is 0.852. The Morgan fingerprint density at radius 2 is 1.68 bits per heavy atom. The van der Waals surface area contributed by atoms with Crippen LogP contribution in [0.1, 0.15) is 55.3 Å². The first-order valence-corrected chi connectivity index (χ1v) is 10.5. The predicted octanol–water partition coefficient (Wildman–Crippen LogP) is 1.89. The van der Waals surface area contributed by atoms with Gasteiger partial charge in [-0.2, -0.15) is 4.31 Å². The number of carbonyl (C=O) groups excluding carboxylic acids is 1. The second-order valence-corrected chi connectivity index (χ2v) is 8.85. The van der Waals surface area contributed by atoms with Crippen LogP contribution in [0.2, 0.25) is 0 Å². The largest absolute Gasteiger partial charge is 0.393 e. The van der Waals surface area contributed by atoms with Gasteiger partial charge in [-0.1, -0.05) is 18.6 Å². The number of nitrogens with one attached hydrogen (secondary N) is 1. The lowest BCUT2D eigenvalue weighted by molar-refractivity contribution is 0.0864. The number of hydrogen-bond acceptors (Lipinski definition) is 4. The van der Waals surface area contributed by atoms with Gasteiger partial charge in [0.2, 0.25) is 10.0 Å². The summed E-state index contributed by atoms with van der Waals surface area (Å²) in [6, 6.07) is 6.42. The molecule has 0 spiro atoms. The van der Waals surface area contributed by atoms with Crippen molar-refractivity contribution in [1.82, 2.24) is 9.62 Å². The van der Waals surface area contributed by atoms with Gasteiger partial charge in [0.05, 0.1) is 16.6 Å². The predicted molar refractivity (Wildman–Crippen MR) is 94.8 cm³/mol. The Morgan fingerprint density at radius 1 is 1.04 bits per heavy atom. The molecule has 3 rings (SSSR count). The SMILES string of the molecule is O=C(NC1CCC(O)CC1)c1ccccc1S(=O)(=O)N1CCCCC1. The Kier molecular flexibility index (Phi) is 5.76. The van der Waals surface area contributed by atoms with Gasteiger partial charge in [-0.15, -0.1) is 0 Å². The summed E-state index contributed by atoms with van der Waals surface area (Å²) in [6.07, 6.45) is 5.23. The van der Waals surface area contributed by atoms with E-state index in [9.17, 15) is 18.3 Å². The summed E-state index contributed by atoms with van der Waals surface area (Å²) in [5.74, 6) is -0.349. The Bertz CT molecular complexity index is 706. The molecular weight excluding hydrogens is 340 g/mol. The lowest BCUT2D eigenvalue weighted by Gasteiger charge is -2.28. The topological polar surface area (TPSA) is 86.7 Å². The molecule has 0 atom stereocenters. The maximum atomic E-state index is 13.0. The average molecular weight is 366 g/mol. The second kappa shape index (κ2) is 7.85. The average Bonchev–Trinajstić information content (AvgIpc) is 2.64. The van der Waals surface area contributed by atoms with E-state index in [1.54, 1.807) is 18.2 Å². The minimum Gasteiger partial charge on any atom is -0.393 e. The molecule has 2 aliphatic rings. The Labute approximate surface area is 149 Å². The minimum atomic E-state index is -3.65. The van der Waals surface area contributed by atoms with Gasteiger partial charge in [0.15, 0.2) is 0 Å². The summed E-state index contributed by atoms with van der Waals surface area (Å²) in [5.41, 5.74) is 0.208. The van der Waals surface area contributed by atoms with Crippen LogP contribution in [0.15, 0.2) is 29.2 Å². The molecule has 25 heavy (non-hydrogen) atoms. The molecule has 6 nitrogen and oxygen atoms in total. The van der Waals surface area contributed by atoms with E-state index in [0.29, 0.717) is 38.8 Å². The summed E-state index contributed by atoms with van der Waals surface area (Å²) in [5, 5.41) is 12.5. The van der Waals surface area contributed by atoms with Crippen LogP contribution in [-0.4, -0.2) is 49.0 Å². The van der Waals surface area contributed by atoms with Crippen molar-refractivity contribution in [2.75, 3.05) is 13.1 Å². The van der Waals surface area contributed by atoms with E-state index in [1.807, 2.05) is 0 Å². The van der Waals surface area contributed by atoms with Crippen molar-refractivity contribution in [1.29, 1.82) is 0 Å². The third-order valence-electron chi connectivity index (χ3n) is 5.10. The normalized spacial score (nSPS) is 25.5. The zero-order valence-corrected chi connectivity index (χ0v) is 15.2. The van der Waals surface area contributed by atoms with Crippen LogP contribution in [0.5, 0.6) is 0 Å². The van der Waals surface area contributed by atoms with Crippen molar-refractivity contribution in [3.63, 3.8) is 0 Å². The standard InChI is InChI=1S/C18H26N2O4S/c21-15-10-8-14(9-11-15)19-18(22)16-6-2-3-7-17(16)25(23,24)20-12-4-1-5-13-20/h2-3,6-7,14-15,21H,1,4-5,8-13H2,(H,19,22). The number of benzene rings is 1. The van der Waals surface area contributed by atoms with Gasteiger partial charge >= 0.3 is 0 Å². The number of carbonyl (C=O) groups is 1. The monoisotopic (exact) mass is 366 g/mol. The zero-order chi connectivity index (χ0) is 17.9. The number of hydrogen-bond donors (Lipinski definition) is 2. The van der Waals surface area contributed by atoms with E-state index in [0.717, 1.165) is 19.3 Å². The van der Waals surface area contributed by atoms with Gasteiger partial charge < -0.3 is 10.4 Å². The molecular formula is C18H26N2O4S. The molecule has 0 aromatic heterocycles. The smallest absolute Gasteiger partial charge is 0.252 e. The van der Waals surface area contributed by atoms with Crippen LogP contribution in [0.25, 0.3) is 0 Å². The summed E-state index contributed by atoms with van der Waals surface area (Å²) in [4.78, 5) is 12.8. The molecule has 1 saturated carbocycles. The van der Waals surface area contributed by atoms with Gasteiger partial charge in [-0.3, -0.25) is 4.79 Å². The van der Waals surface area contributed by atoms with E-state index in [2.05, 4.69) is 5.32 Å². The van der Waals surface area contributed by atoms with Crippen LogP contribution < -0.4 is 5.32 Å². The fourth-order valence-electron chi connectivity index (χ4n) is 3.61. The fourth-order valence-corrected chi connectivity index (χ4v) is 5.31. The van der Waals surface area contributed by atoms with E-state index in [-0.39, 0.29) is 28.5 Å². The highest BCUT2D eigenvalue weighted by molar-refractivity contribution is 7.89. The van der Waals surface area contributed by atoms with Gasteiger partial charge in [-0.25, -0.2) is 8.42 Å². The summed E-state index contributed by atoms with van der Waals surface area (Å²) in [7, 11) is -3.65. The second-order valence-electron chi connectivity index (χ2n) is 6.94. The summed E-state index contributed by atoms with van der Waals surface area (Å²) in [6.45, 7) is 1.03. The first-order chi connectivity index (χ1) is 12.0. The molecule has 2 N–H and O–H groups in total. The molecule has 2 fully saturated rings. The number of nitrogens with zero attached hydrogens (tertiary/aromatic N) is 1. The zero-order valence-electron chi connectivity index (χ0n) is 14.4. The van der Waals surface area contributed by atoms with Crippen LogP contribution in [0, 0.1) is 0 Å². The molecule has 1 aliphatic carbocycles. The van der Waals surface area contributed by atoms with Crippen LogP contribution in [0.4, 0.5) is 0 Å². The molecule has 0 unspecified atom stereocenters. The van der Waals surface area contributed by atoms with Gasteiger partial charge in [0.1, 0.15) is 0 Å². The van der Waals surface area contributed by atoms with E-state index >= 15 is 0 Å². The van der Waals surface area contributed by atoms with Crippen LogP contribution >= 0.6 is 0 Å². The molecule has 7 heteroatoms. The van der Waals surface area contributed by atoms with E-state index < -0.39 is 10.0 Å². The Morgan fingerprint density at radius 3 is 2.36 bits per heavy atom. The van der Waals surface area contributed by atoms with Crippen LogP contribution in [-0.2, 0) is 10.0 Å². The number of aliphatic hydroxyl groups is 1. The van der Waals surface area contributed by atoms with Gasteiger partial charge in [-0.05, 0) is 50.7 Å². The molecule has 1 aromatic carbocycles. The summed E-state index contributed by atoms with van der Waals surface area (Å²) >= 11 is 0. The van der Waals surface area contributed by atoms with Crippen molar-refractivity contribution in [3.05, 3.63) is 29.8 Å². The van der Waals surface area contributed by atoms with Crippen LogP contribution in [0.3, 0.4) is 0 Å². The van der Waals surface area contributed by atoms with Crippen molar-refractivity contribution >= 4 is 15.9 Å². The Hall–Kier alpha value is -1.44. The third kappa shape index (κ3) is 4.22. The lowest BCUT2D eigenvalue weighted by atomic mass is 9.93. The van der Waals surface area contributed by atoms with E-state index in [1.165, 1.54) is 10.4 Å². The number of aliphatic hydroxyl groups excluding tert-OH is 1. The molecule has 1 aliphatic heterocycles. The first kappa shape index (κ1) is 18.4. The van der Waals surface area contributed by atoms with Crippen molar-refractivity contribution < 1.29 is 18.3 Å².